The van der Waals surface area contributed by atoms with Crippen LogP contribution in [0, 0.1) is 5.41 Å². The zero-order chi connectivity index (χ0) is 19.6. The normalized spacial score (nSPS) is 17.4. The molecular formula is C22H26ClNO3. The molecule has 4 nitrogen and oxygen atoms in total. The Bertz CT molecular complexity index is 847. The van der Waals surface area contributed by atoms with E-state index in [1.54, 1.807) is 0 Å². The maximum atomic E-state index is 11.3. The number of hydrogen-bond donors (Lipinski definition) is 1. The van der Waals surface area contributed by atoms with Gasteiger partial charge in [-0.1, -0.05) is 63.1 Å². The van der Waals surface area contributed by atoms with E-state index in [4.69, 9.17) is 26.8 Å². The van der Waals surface area contributed by atoms with E-state index in [2.05, 4.69) is 26.8 Å². The molecule has 2 aromatic carbocycles. The van der Waals surface area contributed by atoms with Gasteiger partial charge in [0, 0.05) is 5.41 Å². The van der Waals surface area contributed by atoms with Gasteiger partial charge in [0.1, 0.15) is 11.9 Å². The van der Waals surface area contributed by atoms with Crippen LogP contribution >= 0.6 is 11.6 Å². The van der Waals surface area contributed by atoms with Crippen molar-refractivity contribution < 1.29 is 14.3 Å². The van der Waals surface area contributed by atoms with Crippen LogP contribution in [-0.2, 0) is 11.2 Å². The number of benzene rings is 2. The molecule has 1 atom stereocenters. The summed E-state index contributed by atoms with van der Waals surface area (Å²) in [5.74, 6) is 0.714. The van der Waals surface area contributed by atoms with Crippen LogP contribution in [0.3, 0.4) is 0 Å². The van der Waals surface area contributed by atoms with Gasteiger partial charge in [0.25, 0.3) is 0 Å². The molecule has 5 heteroatoms. The van der Waals surface area contributed by atoms with Crippen molar-refractivity contribution in [2.24, 2.45) is 11.1 Å². The highest BCUT2D eigenvalue weighted by Gasteiger charge is 2.41. The smallest absolute Gasteiger partial charge is 0.405 e. The fourth-order valence-electron chi connectivity index (χ4n) is 3.66. The zero-order valence-corrected chi connectivity index (χ0v) is 16.8. The molecule has 0 radical (unpaired) electrons. The molecule has 0 aromatic heterocycles. The van der Waals surface area contributed by atoms with Gasteiger partial charge >= 0.3 is 6.09 Å². The zero-order valence-electron chi connectivity index (χ0n) is 16.0. The third kappa shape index (κ3) is 4.22. The second kappa shape index (κ2) is 7.81. The van der Waals surface area contributed by atoms with Crippen molar-refractivity contribution in [3.8, 4) is 16.9 Å². The average molecular weight is 388 g/mol. The Labute approximate surface area is 165 Å². The standard InChI is InChI=1S/C22H26ClNO3/c1-4-5-10-26-19-9-7-15(12-18(19)23)14-6-8-17-16(11-14)13-22(2,3)20(17)27-21(24)25/h6-9,11-12,20H,4-5,10,13H2,1-3H3,(H2,24,25). The van der Waals surface area contributed by atoms with Gasteiger partial charge in [-0.15, -0.1) is 0 Å². The van der Waals surface area contributed by atoms with Crippen molar-refractivity contribution in [2.45, 2.75) is 46.1 Å². The summed E-state index contributed by atoms with van der Waals surface area (Å²) in [6.45, 7) is 6.96. The number of fused-ring (bicyclic) bond motifs is 1. The number of unbranched alkanes of at least 4 members (excludes halogenated alkanes) is 1. The Kier molecular flexibility index (Phi) is 5.66. The lowest BCUT2D eigenvalue weighted by molar-refractivity contribution is 0.0392. The number of carbonyl (C=O) groups is 1. The first kappa shape index (κ1) is 19.6. The molecule has 1 aliphatic rings. The summed E-state index contributed by atoms with van der Waals surface area (Å²) in [6.07, 6.45) is 1.85. The molecule has 2 aromatic rings. The number of nitrogens with two attached hydrogens (primary N) is 1. The first-order valence-electron chi connectivity index (χ1n) is 9.33. The number of halogens is 1. The van der Waals surface area contributed by atoms with Crippen LogP contribution in [0.1, 0.15) is 50.8 Å². The van der Waals surface area contributed by atoms with E-state index >= 15 is 0 Å². The maximum Gasteiger partial charge on any atom is 0.405 e. The minimum absolute atomic E-state index is 0.190. The third-order valence-corrected chi connectivity index (χ3v) is 5.33. The summed E-state index contributed by atoms with van der Waals surface area (Å²) in [7, 11) is 0. The first-order chi connectivity index (χ1) is 12.8. The molecule has 0 aliphatic heterocycles. The fraction of sp³-hybridized carbons (Fsp3) is 0.409. The summed E-state index contributed by atoms with van der Waals surface area (Å²) >= 11 is 6.40. The van der Waals surface area contributed by atoms with Gasteiger partial charge in [-0.2, -0.15) is 0 Å². The van der Waals surface area contributed by atoms with Crippen molar-refractivity contribution in [1.29, 1.82) is 0 Å². The van der Waals surface area contributed by atoms with E-state index in [-0.39, 0.29) is 11.5 Å². The Morgan fingerprint density at radius 2 is 1.93 bits per heavy atom. The van der Waals surface area contributed by atoms with Gasteiger partial charge in [-0.3, -0.25) is 0 Å². The van der Waals surface area contributed by atoms with Crippen LogP contribution in [0.15, 0.2) is 36.4 Å². The summed E-state index contributed by atoms with van der Waals surface area (Å²) in [5.41, 5.74) is 9.36. The number of carbonyl (C=O) groups excluding carboxylic acids is 1. The number of hydrogen-bond acceptors (Lipinski definition) is 3. The SMILES string of the molecule is CCCCOc1ccc(-c2ccc3c(c2)CC(C)(C)C3OC(N)=O)cc1Cl. The highest BCUT2D eigenvalue weighted by molar-refractivity contribution is 6.32. The Morgan fingerprint density at radius 3 is 2.59 bits per heavy atom. The van der Waals surface area contributed by atoms with Gasteiger partial charge < -0.3 is 15.2 Å². The van der Waals surface area contributed by atoms with Gasteiger partial charge in [-0.05, 0) is 47.2 Å². The molecule has 1 aliphatic carbocycles. The average Bonchev–Trinajstić information content (AvgIpc) is 2.85. The van der Waals surface area contributed by atoms with Gasteiger partial charge in [0.2, 0.25) is 0 Å². The second-order valence-corrected chi connectivity index (χ2v) is 8.15. The van der Waals surface area contributed by atoms with Crippen LogP contribution in [-0.4, -0.2) is 12.7 Å². The van der Waals surface area contributed by atoms with E-state index in [0.717, 1.165) is 36.0 Å². The Hall–Kier alpha value is -2.20. The number of primary amides is 1. The predicted octanol–water partition coefficient (Wildman–Crippen LogP) is 5.90. The Balaban J connectivity index is 1.86. The number of rotatable bonds is 6. The lowest BCUT2D eigenvalue weighted by Crippen LogP contribution is -2.25. The molecule has 0 heterocycles. The lowest BCUT2D eigenvalue weighted by atomic mass is 9.87. The predicted molar refractivity (Wildman–Crippen MR) is 108 cm³/mol. The number of amides is 1. The monoisotopic (exact) mass is 387 g/mol. The summed E-state index contributed by atoms with van der Waals surface area (Å²) in [5, 5.41) is 0.611. The molecule has 0 saturated carbocycles. The maximum absolute atomic E-state index is 11.3. The minimum atomic E-state index is -0.740. The van der Waals surface area contributed by atoms with Crippen LogP contribution in [0.2, 0.25) is 5.02 Å². The van der Waals surface area contributed by atoms with E-state index in [1.807, 2.05) is 30.3 Å². The summed E-state index contributed by atoms with van der Waals surface area (Å²) in [6, 6.07) is 12.1. The molecule has 0 fully saturated rings. The molecule has 27 heavy (non-hydrogen) atoms. The Morgan fingerprint density at radius 1 is 1.22 bits per heavy atom. The van der Waals surface area contributed by atoms with Crippen LogP contribution in [0.25, 0.3) is 11.1 Å². The highest BCUT2D eigenvalue weighted by atomic mass is 35.5. The molecule has 2 N–H and O–H groups in total. The number of ether oxygens (including phenoxy) is 2. The quantitative estimate of drug-likeness (QED) is 0.627. The molecule has 0 bridgehead atoms. The molecule has 3 rings (SSSR count). The van der Waals surface area contributed by atoms with E-state index in [9.17, 15) is 4.79 Å². The molecular weight excluding hydrogens is 362 g/mol. The largest absolute Gasteiger partial charge is 0.492 e. The van der Waals surface area contributed by atoms with Crippen molar-refractivity contribution in [2.75, 3.05) is 6.61 Å². The molecule has 1 amide bonds. The lowest BCUT2D eigenvalue weighted by Gasteiger charge is -2.26. The summed E-state index contributed by atoms with van der Waals surface area (Å²) in [4.78, 5) is 11.3. The second-order valence-electron chi connectivity index (χ2n) is 7.74. The van der Waals surface area contributed by atoms with Crippen molar-refractivity contribution >= 4 is 17.7 Å². The van der Waals surface area contributed by atoms with Gasteiger partial charge in [0.15, 0.2) is 0 Å². The van der Waals surface area contributed by atoms with Gasteiger partial charge in [-0.25, -0.2) is 4.79 Å². The van der Waals surface area contributed by atoms with Crippen molar-refractivity contribution in [3.05, 3.63) is 52.5 Å². The molecule has 0 spiro atoms. The van der Waals surface area contributed by atoms with Crippen LogP contribution in [0.5, 0.6) is 5.75 Å². The molecule has 144 valence electrons. The van der Waals surface area contributed by atoms with E-state index < -0.39 is 6.09 Å². The van der Waals surface area contributed by atoms with Crippen molar-refractivity contribution in [3.63, 3.8) is 0 Å². The van der Waals surface area contributed by atoms with Gasteiger partial charge in [0.05, 0.1) is 11.6 Å². The topological polar surface area (TPSA) is 61.6 Å². The van der Waals surface area contributed by atoms with E-state index in [1.165, 1.54) is 5.56 Å². The highest BCUT2D eigenvalue weighted by Crippen LogP contribution is 2.48. The molecule has 0 saturated heterocycles. The fourth-order valence-corrected chi connectivity index (χ4v) is 3.90. The first-order valence-corrected chi connectivity index (χ1v) is 9.71. The third-order valence-electron chi connectivity index (χ3n) is 5.04. The molecule has 1 unspecified atom stereocenters. The van der Waals surface area contributed by atoms with Crippen LogP contribution in [0.4, 0.5) is 4.79 Å². The van der Waals surface area contributed by atoms with Crippen molar-refractivity contribution in [1.82, 2.24) is 0 Å². The van der Waals surface area contributed by atoms with E-state index in [0.29, 0.717) is 17.4 Å². The summed E-state index contributed by atoms with van der Waals surface area (Å²) < 4.78 is 11.1. The van der Waals surface area contributed by atoms with Crippen LogP contribution < -0.4 is 10.5 Å². The minimum Gasteiger partial charge on any atom is -0.492 e.